The Balaban J connectivity index is 1.46. The number of hydrogen-bond donors (Lipinski definition) is 0. The Bertz CT molecular complexity index is 2310. The van der Waals surface area contributed by atoms with Crippen LogP contribution >= 0.6 is 0 Å². The van der Waals surface area contributed by atoms with Gasteiger partial charge in [-0.2, -0.15) is 0 Å². The summed E-state index contributed by atoms with van der Waals surface area (Å²) in [5, 5.41) is 1.84. The van der Waals surface area contributed by atoms with E-state index in [1.807, 2.05) is 55.5 Å². The second kappa shape index (κ2) is 10.5. The van der Waals surface area contributed by atoms with E-state index in [-0.39, 0.29) is 33.7 Å². The third-order valence-electron chi connectivity index (χ3n) is 9.31. The molecule has 2 heteroatoms. The van der Waals surface area contributed by atoms with E-state index in [0.29, 0.717) is 35.3 Å². The molecule has 2 heterocycles. The van der Waals surface area contributed by atoms with Gasteiger partial charge in [-0.1, -0.05) is 80.6 Å². The molecule has 216 valence electrons. The molecule has 0 amide bonds. The molecule has 6 aromatic rings. The second-order valence-electron chi connectivity index (χ2n) is 12.9. The highest BCUT2D eigenvalue weighted by atomic mass is 16.3. The number of aryl methyl sites for hydroxylation is 4. The van der Waals surface area contributed by atoms with Gasteiger partial charge in [-0.05, 0) is 109 Å². The first-order chi connectivity index (χ1) is 23.9. The van der Waals surface area contributed by atoms with Gasteiger partial charge in [-0.25, -0.2) is 4.57 Å². The molecule has 1 aliphatic rings. The molecule has 1 fully saturated rings. The maximum atomic E-state index is 9.36. The predicted octanol–water partition coefficient (Wildman–Crippen LogP) is 11.0. The SMILES string of the molecule is [2H]c1cc(C2([2H])CCC(C)(C)CC2)cc(C([2H])([2H])[2H])c1-c1cc(-c2c(C)ccc3c2oc2cc(-c4ccccc4)ccc23)[n+](C)cc1C([2H])([2H])[2H]. The van der Waals surface area contributed by atoms with E-state index in [2.05, 4.69) is 26.0 Å². The summed E-state index contributed by atoms with van der Waals surface area (Å²) < 4.78 is 78.3. The molecule has 43 heavy (non-hydrogen) atoms. The Kier molecular flexibility index (Phi) is 4.87. The average molecular weight is 573 g/mol. The molecular formula is C41H42NO+. The number of aromatic nitrogens is 1. The maximum Gasteiger partial charge on any atom is 0.216 e. The number of benzene rings is 4. The van der Waals surface area contributed by atoms with Crippen molar-refractivity contribution in [1.29, 1.82) is 0 Å². The fraction of sp³-hybridized carbons (Fsp3) is 0.293. The fourth-order valence-electron chi connectivity index (χ4n) is 6.61. The van der Waals surface area contributed by atoms with Crippen molar-refractivity contribution in [3.05, 3.63) is 113 Å². The standard InChI is InChI=1S/C41H42NO/c1-26-12-15-35-34-17-14-32(29-10-8-7-9-11-29)23-38(34)43-40(35)39(26)37-24-36(28(3)25-42(37)6)33-16-13-31(22-27(33)2)30-18-20-41(4,5)21-19-30/h7-17,22-25,30H,18-21H2,1-6H3/q+1/i2D3,3D3,16D,30D. The molecule has 1 saturated carbocycles. The molecule has 0 unspecified atom stereocenters. The van der Waals surface area contributed by atoms with Gasteiger partial charge in [0.05, 0.1) is 6.93 Å². The summed E-state index contributed by atoms with van der Waals surface area (Å²) in [5.74, 6) is -1.03. The normalized spacial score (nSPS) is 19.4. The fourth-order valence-corrected chi connectivity index (χ4v) is 6.61. The van der Waals surface area contributed by atoms with E-state index < -0.39 is 19.6 Å². The van der Waals surface area contributed by atoms with E-state index in [9.17, 15) is 2.74 Å². The van der Waals surface area contributed by atoms with Crippen molar-refractivity contribution in [3.63, 3.8) is 0 Å². The van der Waals surface area contributed by atoms with Crippen LogP contribution in [0.1, 0.15) is 78.6 Å². The lowest BCUT2D eigenvalue weighted by Crippen LogP contribution is -2.31. The molecule has 2 nitrogen and oxygen atoms in total. The summed E-state index contributed by atoms with van der Waals surface area (Å²) in [7, 11) is 1.77. The third-order valence-corrected chi connectivity index (χ3v) is 9.31. The zero-order valence-corrected chi connectivity index (χ0v) is 25.3. The van der Waals surface area contributed by atoms with Crippen LogP contribution in [-0.2, 0) is 7.05 Å². The summed E-state index contributed by atoms with van der Waals surface area (Å²) in [6, 6.07) is 25.0. The van der Waals surface area contributed by atoms with E-state index in [4.69, 9.17) is 12.6 Å². The van der Waals surface area contributed by atoms with Crippen molar-refractivity contribution < 1.29 is 20.0 Å². The van der Waals surface area contributed by atoms with Crippen LogP contribution in [0, 0.1) is 26.0 Å². The number of furan rings is 1. The number of pyridine rings is 1. The second-order valence-corrected chi connectivity index (χ2v) is 12.9. The Hall–Kier alpha value is -4.17. The van der Waals surface area contributed by atoms with Gasteiger partial charge in [-0.3, -0.25) is 0 Å². The maximum absolute atomic E-state index is 9.36. The van der Waals surface area contributed by atoms with Crippen LogP contribution in [-0.4, -0.2) is 0 Å². The van der Waals surface area contributed by atoms with Gasteiger partial charge < -0.3 is 4.42 Å². The van der Waals surface area contributed by atoms with Crippen LogP contribution in [0.2, 0.25) is 0 Å². The lowest BCUT2D eigenvalue weighted by Gasteiger charge is -2.34. The van der Waals surface area contributed by atoms with E-state index >= 15 is 0 Å². The van der Waals surface area contributed by atoms with Crippen molar-refractivity contribution in [2.75, 3.05) is 0 Å². The molecule has 0 bridgehead atoms. The van der Waals surface area contributed by atoms with Crippen molar-refractivity contribution in [1.82, 2.24) is 0 Å². The molecule has 2 aromatic heterocycles. The first-order valence-electron chi connectivity index (χ1n) is 19.1. The highest BCUT2D eigenvalue weighted by Crippen LogP contribution is 2.44. The monoisotopic (exact) mass is 572 g/mol. The summed E-state index contributed by atoms with van der Waals surface area (Å²) in [6.07, 6.45) is 4.27. The van der Waals surface area contributed by atoms with Crippen molar-refractivity contribution in [2.45, 2.75) is 66.1 Å². The Labute approximate surface area is 267 Å². The van der Waals surface area contributed by atoms with Gasteiger partial charge in [0, 0.05) is 32.0 Å². The molecule has 0 saturated heterocycles. The molecule has 0 radical (unpaired) electrons. The highest BCUT2D eigenvalue weighted by molar-refractivity contribution is 6.10. The summed E-state index contributed by atoms with van der Waals surface area (Å²) in [5.41, 5.74) is 6.32. The number of nitrogens with zero attached hydrogens (tertiary/aromatic N) is 1. The van der Waals surface area contributed by atoms with Gasteiger partial charge in [0.25, 0.3) is 0 Å². The molecular weight excluding hydrogens is 522 g/mol. The largest absolute Gasteiger partial charge is 0.455 e. The summed E-state index contributed by atoms with van der Waals surface area (Å²) in [4.78, 5) is 0. The summed E-state index contributed by atoms with van der Waals surface area (Å²) >= 11 is 0. The number of fused-ring (bicyclic) bond motifs is 3. The van der Waals surface area contributed by atoms with Crippen LogP contribution in [0.15, 0.2) is 95.5 Å². The predicted molar refractivity (Wildman–Crippen MR) is 180 cm³/mol. The van der Waals surface area contributed by atoms with Crippen LogP contribution in [0.5, 0.6) is 0 Å². The summed E-state index contributed by atoms with van der Waals surface area (Å²) in [6.45, 7) is 1.05. The van der Waals surface area contributed by atoms with Gasteiger partial charge in [0.15, 0.2) is 6.20 Å². The Morgan fingerprint density at radius 1 is 0.837 bits per heavy atom. The van der Waals surface area contributed by atoms with Gasteiger partial charge >= 0.3 is 0 Å². The minimum atomic E-state index is -2.67. The van der Waals surface area contributed by atoms with E-state index in [1.54, 1.807) is 23.7 Å². The zero-order chi connectivity index (χ0) is 36.7. The molecule has 1 aliphatic carbocycles. The van der Waals surface area contributed by atoms with Crippen LogP contribution in [0.25, 0.3) is 55.4 Å². The highest BCUT2D eigenvalue weighted by Gasteiger charge is 2.28. The van der Waals surface area contributed by atoms with Gasteiger partial charge in [-0.15, -0.1) is 0 Å². The number of hydrogen-bond acceptors (Lipinski definition) is 1. The van der Waals surface area contributed by atoms with Crippen molar-refractivity contribution in [3.8, 4) is 33.5 Å². The topological polar surface area (TPSA) is 17.0 Å². The van der Waals surface area contributed by atoms with Crippen molar-refractivity contribution >= 4 is 21.9 Å². The lowest BCUT2D eigenvalue weighted by atomic mass is 9.71. The van der Waals surface area contributed by atoms with Gasteiger partial charge in [0.1, 0.15) is 18.2 Å². The molecule has 0 N–H and O–H groups in total. The van der Waals surface area contributed by atoms with Crippen molar-refractivity contribution in [2.24, 2.45) is 12.5 Å². The minimum Gasteiger partial charge on any atom is -0.455 e. The minimum absolute atomic E-state index is 0.0494. The van der Waals surface area contributed by atoms with E-state index in [1.165, 1.54) is 12.3 Å². The van der Waals surface area contributed by atoms with Crippen LogP contribution in [0.4, 0.5) is 0 Å². The Morgan fingerprint density at radius 2 is 1.60 bits per heavy atom. The number of rotatable bonds is 4. The lowest BCUT2D eigenvalue weighted by molar-refractivity contribution is -0.660. The van der Waals surface area contributed by atoms with Crippen LogP contribution < -0.4 is 4.57 Å². The Morgan fingerprint density at radius 3 is 2.37 bits per heavy atom. The van der Waals surface area contributed by atoms with Crippen LogP contribution in [0.3, 0.4) is 0 Å². The zero-order valence-electron chi connectivity index (χ0n) is 33.3. The van der Waals surface area contributed by atoms with Gasteiger partial charge in [0.2, 0.25) is 5.69 Å². The quantitative estimate of drug-likeness (QED) is 0.192. The molecule has 0 spiro atoms. The third kappa shape index (κ3) is 4.97. The van der Waals surface area contributed by atoms with E-state index in [0.717, 1.165) is 45.9 Å². The smallest absolute Gasteiger partial charge is 0.216 e. The molecule has 7 rings (SSSR count). The molecule has 0 atom stereocenters. The molecule has 4 aromatic carbocycles. The average Bonchev–Trinajstić information content (AvgIpc) is 3.43. The molecule has 0 aliphatic heterocycles. The first-order valence-corrected chi connectivity index (χ1v) is 15.1. The first kappa shape index (κ1) is 19.9.